The van der Waals surface area contributed by atoms with Crippen molar-refractivity contribution in [1.82, 2.24) is 9.21 Å². The monoisotopic (exact) mass is 490 g/mol. The van der Waals surface area contributed by atoms with Gasteiger partial charge in [-0.3, -0.25) is 4.79 Å². The van der Waals surface area contributed by atoms with E-state index in [1.54, 1.807) is 0 Å². The summed E-state index contributed by atoms with van der Waals surface area (Å²) >= 11 is 0. The Morgan fingerprint density at radius 2 is 1.53 bits per heavy atom. The minimum absolute atomic E-state index is 0.000564. The van der Waals surface area contributed by atoms with E-state index >= 15 is 0 Å². The molecule has 34 heavy (non-hydrogen) atoms. The molecule has 3 unspecified atom stereocenters. The van der Waals surface area contributed by atoms with E-state index in [0.717, 1.165) is 47.9 Å². The molecule has 0 bridgehead atoms. The summed E-state index contributed by atoms with van der Waals surface area (Å²) < 4.78 is 33.8. The molecule has 1 aromatic carbocycles. The number of amides is 1. The van der Waals surface area contributed by atoms with Crippen molar-refractivity contribution < 1.29 is 22.7 Å². The van der Waals surface area contributed by atoms with E-state index in [1.165, 1.54) is 11.4 Å². The van der Waals surface area contributed by atoms with Crippen molar-refractivity contribution in [2.45, 2.75) is 89.6 Å². The molecule has 2 aliphatic heterocycles. The number of benzene rings is 1. The number of nitrogens with zero attached hydrogens (tertiary/aromatic N) is 2. The predicted octanol–water partition coefficient (Wildman–Crippen LogP) is 3.65. The predicted molar refractivity (Wildman–Crippen MR) is 130 cm³/mol. The lowest BCUT2D eigenvalue weighted by Gasteiger charge is -2.38. The van der Waals surface area contributed by atoms with Crippen LogP contribution in [-0.4, -0.2) is 61.8 Å². The largest absolute Gasteiger partial charge is 0.467 e. The van der Waals surface area contributed by atoms with Crippen LogP contribution in [0.2, 0.25) is 0 Å². The van der Waals surface area contributed by atoms with Gasteiger partial charge in [0.25, 0.3) is 0 Å². The number of carbonyl (C=O) groups excluding carboxylic acids is 2. The number of likely N-dealkylation sites (tertiary alicyclic amines) is 1. The van der Waals surface area contributed by atoms with Gasteiger partial charge in [-0.15, -0.1) is 0 Å². The molecule has 188 valence electrons. The van der Waals surface area contributed by atoms with Gasteiger partial charge in [-0.05, 0) is 88.0 Å². The highest BCUT2D eigenvalue weighted by molar-refractivity contribution is 7.89. The fourth-order valence-corrected chi connectivity index (χ4v) is 8.42. The molecule has 3 atom stereocenters. The molecular formula is C26H38N2O5S. The Labute approximate surface area is 203 Å². The zero-order valence-electron chi connectivity index (χ0n) is 21.1. The number of piperidine rings is 1. The van der Waals surface area contributed by atoms with Gasteiger partial charge in [-0.25, -0.2) is 13.2 Å². The number of carbonyl (C=O) groups is 2. The highest BCUT2D eigenvalue weighted by atomic mass is 32.2. The minimum atomic E-state index is -3.65. The fraction of sp³-hybridized carbons (Fsp3) is 0.692. The number of rotatable bonds is 4. The first-order chi connectivity index (χ1) is 16.1. The number of methoxy groups -OCH3 is 1. The van der Waals surface area contributed by atoms with Crippen molar-refractivity contribution >= 4 is 21.9 Å². The van der Waals surface area contributed by atoms with Crippen molar-refractivity contribution in [3.63, 3.8) is 0 Å². The molecule has 8 heteroatoms. The topological polar surface area (TPSA) is 84.0 Å². The van der Waals surface area contributed by atoms with Crippen LogP contribution in [0, 0.1) is 39.5 Å². The molecule has 1 aromatic rings. The first-order valence-electron chi connectivity index (χ1n) is 12.6. The second-order valence-electron chi connectivity index (χ2n) is 10.4. The highest BCUT2D eigenvalue weighted by Gasteiger charge is 2.49. The van der Waals surface area contributed by atoms with Gasteiger partial charge in [-0.2, -0.15) is 4.31 Å². The third-order valence-corrected chi connectivity index (χ3v) is 10.7. The van der Waals surface area contributed by atoms with Gasteiger partial charge in [0, 0.05) is 25.0 Å². The van der Waals surface area contributed by atoms with Gasteiger partial charge >= 0.3 is 5.97 Å². The summed E-state index contributed by atoms with van der Waals surface area (Å²) in [7, 11) is -2.27. The summed E-state index contributed by atoms with van der Waals surface area (Å²) in [5, 5.41) is 0. The first kappa shape index (κ1) is 25.2. The number of ether oxygens (including phenoxy) is 1. The van der Waals surface area contributed by atoms with Crippen LogP contribution in [0.1, 0.15) is 67.2 Å². The van der Waals surface area contributed by atoms with Gasteiger partial charge < -0.3 is 9.64 Å². The van der Waals surface area contributed by atoms with Crippen LogP contribution in [-0.2, 0) is 24.3 Å². The number of esters is 1. The van der Waals surface area contributed by atoms with Crippen molar-refractivity contribution in [2.75, 3.05) is 20.2 Å². The lowest BCUT2D eigenvalue weighted by atomic mass is 9.84. The standard InChI is InChI=1S/C26H38N2O5S/c1-16-14-17(2)19(4)24(18(16)3)34(31,32)27-12-10-20(11-13-27)25(29)28-22-9-7-6-8-21(22)15-23(28)26(30)33-5/h14,20-23H,6-13,15H2,1-5H3. The third kappa shape index (κ3) is 4.28. The molecule has 1 amide bonds. The van der Waals surface area contributed by atoms with Crippen LogP contribution in [0.25, 0.3) is 0 Å². The van der Waals surface area contributed by atoms with E-state index in [2.05, 4.69) is 0 Å². The van der Waals surface area contributed by atoms with Crippen LogP contribution in [0.5, 0.6) is 0 Å². The van der Waals surface area contributed by atoms with Crippen LogP contribution in [0.3, 0.4) is 0 Å². The van der Waals surface area contributed by atoms with Gasteiger partial charge in [-0.1, -0.05) is 18.9 Å². The molecule has 7 nitrogen and oxygen atoms in total. The van der Waals surface area contributed by atoms with Crippen LogP contribution >= 0.6 is 0 Å². The van der Waals surface area contributed by atoms with Crippen molar-refractivity contribution in [3.05, 3.63) is 28.3 Å². The zero-order valence-corrected chi connectivity index (χ0v) is 21.9. The molecule has 1 saturated carbocycles. The van der Waals surface area contributed by atoms with Crippen molar-refractivity contribution in [1.29, 1.82) is 0 Å². The third-order valence-electron chi connectivity index (χ3n) is 8.51. The minimum Gasteiger partial charge on any atom is -0.467 e. The number of sulfonamides is 1. The molecule has 3 fully saturated rings. The Balaban J connectivity index is 1.51. The molecular weight excluding hydrogens is 452 g/mol. The van der Waals surface area contributed by atoms with E-state index in [9.17, 15) is 18.0 Å². The molecule has 4 rings (SSSR count). The second-order valence-corrected chi connectivity index (χ2v) is 12.3. The van der Waals surface area contributed by atoms with Crippen LogP contribution in [0.4, 0.5) is 0 Å². The number of hydrogen-bond donors (Lipinski definition) is 0. The van der Waals surface area contributed by atoms with E-state index in [4.69, 9.17) is 4.74 Å². The van der Waals surface area contributed by atoms with Crippen molar-refractivity contribution in [3.8, 4) is 0 Å². The second kappa shape index (κ2) is 9.61. The van der Waals surface area contributed by atoms with E-state index in [0.29, 0.717) is 43.2 Å². The molecule has 2 heterocycles. The molecule has 0 radical (unpaired) electrons. The first-order valence-corrected chi connectivity index (χ1v) is 14.0. The van der Waals surface area contributed by atoms with Crippen LogP contribution < -0.4 is 0 Å². The summed E-state index contributed by atoms with van der Waals surface area (Å²) in [6.07, 6.45) is 5.83. The quantitative estimate of drug-likeness (QED) is 0.602. The molecule has 3 aliphatic rings. The Morgan fingerprint density at radius 3 is 2.12 bits per heavy atom. The van der Waals surface area contributed by atoms with Crippen molar-refractivity contribution in [2.24, 2.45) is 11.8 Å². The van der Waals surface area contributed by atoms with Crippen LogP contribution in [0.15, 0.2) is 11.0 Å². The normalized spacial score (nSPS) is 26.4. The molecule has 0 spiro atoms. The van der Waals surface area contributed by atoms with Gasteiger partial charge in [0.05, 0.1) is 12.0 Å². The maximum Gasteiger partial charge on any atom is 0.328 e. The smallest absolute Gasteiger partial charge is 0.328 e. The summed E-state index contributed by atoms with van der Waals surface area (Å²) in [6, 6.07) is 1.63. The lowest BCUT2D eigenvalue weighted by molar-refractivity contribution is -0.154. The molecule has 2 saturated heterocycles. The summed E-state index contributed by atoms with van der Waals surface area (Å²) in [4.78, 5) is 28.4. The SMILES string of the molecule is COC(=O)C1CC2CCCCC2N1C(=O)C1CCN(S(=O)(=O)c2c(C)c(C)cc(C)c2C)CC1. The lowest BCUT2D eigenvalue weighted by Crippen LogP contribution is -2.51. The summed E-state index contributed by atoms with van der Waals surface area (Å²) in [5.41, 5.74) is 3.53. The Bertz CT molecular complexity index is 1050. The average Bonchev–Trinajstić information content (AvgIpc) is 3.21. The van der Waals surface area contributed by atoms with E-state index < -0.39 is 16.1 Å². The van der Waals surface area contributed by atoms with Gasteiger partial charge in [0.15, 0.2) is 0 Å². The maximum atomic E-state index is 13.7. The van der Waals surface area contributed by atoms with E-state index in [-0.39, 0.29) is 23.8 Å². The fourth-order valence-electron chi connectivity index (χ4n) is 6.37. The Hall–Kier alpha value is -1.93. The molecule has 0 N–H and O–H groups in total. The summed E-state index contributed by atoms with van der Waals surface area (Å²) in [6.45, 7) is 8.25. The van der Waals surface area contributed by atoms with Gasteiger partial charge in [0.2, 0.25) is 15.9 Å². The zero-order chi connectivity index (χ0) is 24.8. The number of aryl methyl sites for hydroxylation is 2. The molecule has 1 aliphatic carbocycles. The van der Waals surface area contributed by atoms with E-state index in [1.807, 2.05) is 38.7 Å². The Morgan fingerprint density at radius 1 is 0.941 bits per heavy atom. The highest BCUT2D eigenvalue weighted by Crippen LogP contribution is 2.42. The maximum absolute atomic E-state index is 13.7. The molecule has 0 aromatic heterocycles. The van der Waals surface area contributed by atoms with Gasteiger partial charge in [0.1, 0.15) is 6.04 Å². The average molecular weight is 491 g/mol. The Kier molecular flexibility index (Phi) is 7.11. The number of fused-ring (bicyclic) bond motifs is 1. The number of hydrogen-bond acceptors (Lipinski definition) is 5. The summed E-state index contributed by atoms with van der Waals surface area (Å²) in [5.74, 6) is -0.234.